The van der Waals surface area contributed by atoms with Crippen LogP contribution in [0, 0.1) is 0 Å². The van der Waals surface area contributed by atoms with Gasteiger partial charge >= 0.3 is 5.97 Å². The maximum atomic E-state index is 10.7. The molecule has 0 spiro atoms. The van der Waals surface area contributed by atoms with E-state index in [-0.39, 0.29) is 12.0 Å². The highest BCUT2D eigenvalue weighted by Gasteiger charge is 2.45. The van der Waals surface area contributed by atoms with Crippen LogP contribution < -0.4 is 0 Å². The van der Waals surface area contributed by atoms with E-state index in [0.29, 0.717) is 19.0 Å². The summed E-state index contributed by atoms with van der Waals surface area (Å²) in [5.74, 6) is -0.213. The van der Waals surface area contributed by atoms with Crippen LogP contribution in [0.4, 0.5) is 0 Å². The van der Waals surface area contributed by atoms with Crippen molar-refractivity contribution in [3.05, 3.63) is 0 Å². The fourth-order valence-electron chi connectivity index (χ4n) is 1.95. The zero-order valence-corrected chi connectivity index (χ0v) is 10.2. The van der Waals surface area contributed by atoms with Crippen molar-refractivity contribution < 1.29 is 19.4 Å². The first kappa shape index (κ1) is 12.8. The molecule has 0 bridgehead atoms. The molecule has 4 nitrogen and oxygen atoms in total. The topological polar surface area (TPSA) is 55.8 Å². The predicted octanol–water partition coefficient (Wildman–Crippen LogP) is 1.74. The molecule has 1 fully saturated rings. The van der Waals surface area contributed by atoms with Crippen LogP contribution in [0.5, 0.6) is 0 Å². The number of hydrogen-bond donors (Lipinski definition) is 1. The monoisotopic (exact) mass is 234 g/mol. The molecule has 1 aliphatic rings. The number of thioether (sulfide) groups is 1. The molecule has 15 heavy (non-hydrogen) atoms. The van der Waals surface area contributed by atoms with Gasteiger partial charge in [-0.2, -0.15) is 0 Å². The molecule has 0 aromatic rings. The number of ether oxygens (including phenoxy) is 2. The van der Waals surface area contributed by atoms with E-state index < -0.39 is 11.6 Å². The van der Waals surface area contributed by atoms with E-state index in [4.69, 9.17) is 14.6 Å². The number of rotatable bonds is 5. The van der Waals surface area contributed by atoms with Crippen LogP contribution in [0.3, 0.4) is 0 Å². The minimum Gasteiger partial charge on any atom is -0.481 e. The highest BCUT2D eigenvalue weighted by atomic mass is 32.2. The molecule has 0 saturated carbocycles. The molecule has 0 aromatic carbocycles. The second-order valence-corrected chi connectivity index (χ2v) is 5.30. The van der Waals surface area contributed by atoms with Crippen molar-refractivity contribution in [2.45, 2.75) is 37.9 Å². The van der Waals surface area contributed by atoms with Crippen LogP contribution >= 0.6 is 11.8 Å². The third-order valence-corrected chi connectivity index (χ3v) is 2.88. The van der Waals surface area contributed by atoms with Gasteiger partial charge in [-0.05, 0) is 20.1 Å². The Hall–Kier alpha value is -0.260. The molecular formula is C10H18O4S. The van der Waals surface area contributed by atoms with Crippen LogP contribution in [0.2, 0.25) is 0 Å². The van der Waals surface area contributed by atoms with E-state index >= 15 is 0 Å². The summed E-state index contributed by atoms with van der Waals surface area (Å²) in [5, 5.41) is 8.76. The van der Waals surface area contributed by atoms with Crippen LogP contribution in [-0.4, -0.2) is 41.1 Å². The molecule has 1 aliphatic heterocycles. The van der Waals surface area contributed by atoms with Gasteiger partial charge in [-0.1, -0.05) is 0 Å². The summed E-state index contributed by atoms with van der Waals surface area (Å²) in [6, 6.07) is 0. The number of aliphatic carboxylic acids is 1. The van der Waals surface area contributed by atoms with Crippen LogP contribution in [0.1, 0.15) is 26.7 Å². The first-order valence-electron chi connectivity index (χ1n) is 4.88. The van der Waals surface area contributed by atoms with Crippen LogP contribution in [-0.2, 0) is 14.3 Å². The highest BCUT2D eigenvalue weighted by molar-refractivity contribution is 7.98. The van der Waals surface area contributed by atoms with Gasteiger partial charge in [0, 0.05) is 6.42 Å². The van der Waals surface area contributed by atoms with Gasteiger partial charge in [0.25, 0.3) is 0 Å². The van der Waals surface area contributed by atoms with E-state index in [0.717, 1.165) is 0 Å². The zero-order valence-electron chi connectivity index (χ0n) is 9.41. The van der Waals surface area contributed by atoms with Gasteiger partial charge in [0.15, 0.2) is 0 Å². The Balaban J connectivity index is 2.52. The second-order valence-electron chi connectivity index (χ2n) is 4.49. The molecule has 0 aliphatic carbocycles. The Morgan fingerprint density at radius 3 is 2.80 bits per heavy atom. The zero-order chi connectivity index (χ0) is 11.5. The summed E-state index contributed by atoms with van der Waals surface area (Å²) in [4.78, 5) is 10.7. The Kier molecular flexibility index (Phi) is 4.03. The van der Waals surface area contributed by atoms with Gasteiger partial charge in [-0.15, -0.1) is 11.8 Å². The Bertz CT molecular complexity index is 246. The summed E-state index contributed by atoms with van der Waals surface area (Å²) in [7, 11) is 0. The maximum absolute atomic E-state index is 10.7. The van der Waals surface area contributed by atoms with Crippen molar-refractivity contribution in [2.75, 3.05) is 18.8 Å². The number of carboxylic acid groups (broad SMARTS) is 1. The van der Waals surface area contributed by atoms with Gasteiger partial charge < -0.3 is 14.6 Å². The predicted molar refractivity (Wildman–Crippen MR) is 59.1 cm³/mol. The SMILES string of the molecule is CSCO[C@]1(C)CO[C@](C)(CC(=O)O)C1. The van der Waals surface area contributed by atoms with Gasteiger partial charge in [-0.3, -0.25) is 4.79 Å². The molecule has 5 heteroatoms. The molecule has 1 rings (SSSR count). The van der Waals surface area contributed by atoms with E-state index in [1.54, 1.807) is 11.8 Å². The molecule has 0 aromatic heterocycles. The lowest BCUT2D eigenvalue weighted by atomic mass is 9.91. The molecule has 1 heterocycles. The van der Waals surface area contributed by atoms with Crippen molar-refractivity contribution in [1.29, 1.82) is 0 Å². The van der Waals surface area contributed by atoms with Crippen molar-refractivity contribution in [3.63, 3.8) is 0 Å². The summed E-state index contributed by atoms with van der Waals surface area (Å²) < 4.78 is 11.2. The first-order chi connectivity index (χ1) is 6.89. The lowest BCUT2D eigenvalue weighted by Crippen LogP contribution is -2.32. The summed E-state index contributed by atoms with van der Waals surface area (Å²) in [5.41, 5.74) is -0.924. The standard InChI is InChI=1S/C10H18O4S/c1-9(4-8(11)12)5-10(2,6-13-9)14-7-15-3/h4-7H2,1-3H3,(H,11,12)/t9-,10+/m1/s1. The van der Waals surface area contributed by atoms with Gasteiger partial charge in [0.1, 0.15) is 0 Å². The third kappa shape index (κ3) is 3.66. The van der Waals surface area contributed by atoms with Gasteiger partial charge in [0.2, 0.25) is 0 Å². The molecule has 1 N–H and O–H groups in total. The normalized spacial score (nSPS) is 35.7. The molecule has 1 saturated heterocycles. The molecule has 0 radical (unpaired) electrons. The molecule has 2 atom stereocenters. The largest absolute Gasteiger partial charge is 0.481 e. The van der Waals surface area contributed by atoms with Gasteiger partial charge in [0.05, 0.1) is 30.2 Å². The summed E-state index contributed by atoms with van der Waals surface area (Å²) in [6.07, 6.45) is 2.63. The Morgan fingerprint density at radius 1 is 1.60 bits per heavy atom. The summed E-state index contributed by atoms with van der Waals surface area (Å²) in [6.45, 7) is 4.27. The second kappa shape index (κ2) is 4.72. The number of carboxylic acids is 1. The Morgan fingerprint density at radius 2 is 2.27 bits per heavy atom. The third-order valence-electron chi connectivity index (χ3n) is 2.52. The molecule has 88 valence electrons. The van der Waals surface area contributed by atoms with Crippen LogP contribution in [0.15, 0.2) is 0 Å². The maximum Gasteiger partial charge on any atom is 0.306 e. The number of hydrogen-bond acceptors (Lipinski definition) is 4. The minimum atomic E-state index is -0.827. The van der Waals surface area contributed by atoms with Crippen molar-refractivity contribution in [1.82, 2.24) is 0 Å². The fourth-order valence-corrected chi connectivity index (χ4v) is 2.35. The lowest BCUT2D eigenvalue weighted by Gasteiger charge is -2.25. The van der Waals surface area contributed by atoms with Crippen molar-refractivity contribution in [2.24, 2.45) is 0 Å². The molecule has 0 unspecified atom stereocenters. The van der Waals surface area contributed by atoms with Crippen molar-refractivity contribution >= 4 is 17.7 Å². The van der Waals surface area contributed by atoms with E-state index in [9.17, 15) is 4.79 Å². The number of carbonyl (C=O) groups is 1. The van der Waals surface area contributed by atoms with E-state index in [2.05, 4.69) is 0 Å². The quantitative estimate of drug-likeness (QED) is 0.734. The minimum absolute atomic E-state index is 0.0330. The molecule has 0 amide bonds. The van der Waals surface area contributed by atoms with E-state index in [1.165, 1.54) is 0 Å². The van der Waals surface area contributed by atoms with E-state index in [1.807, 2.05) is 20.1 Å². The average Bonchev–Trinajstić information content (AvgIpc) is 2.38. The highest BCUT2D eigenvalue weighted by Crippen LogP contribution is 2.37. The average molecular weight is 234 g/mol. The van der Waals surface area contributed by atoms with Crippen molar-refractivity contribution in [3.8, 4) is 0 Å². The lowest BCUT2D eigenvalue weighted by molar-refractivity contribution is -0.142. The fraction of sp³-hybridized carbons (Fsp3) is 0.900. The first-order valence-corrected chi connectivity index (χ1v) is 6.27. The molecular weight excluding hydrogens is 216 g/mol. The summed E-state index contributed by atoms with van der Waals surface area (Å²) >= 11 is 1.61. The smallest absolute Gasteiger partial charge is 0.306 e. The van der Waals surface area contributed by atoms with Gasteiger partial charge in [-0.25, -0.2) is 0 Å². The van der Waals surface area contributed by atoms with Crippen LogP contribution in [0.25, 0.3) is 0 Å². The Labute approximate surface area is 94.3 Å².